The zero-order valence-electron chi connectivity index (χ0n) is 10.4. The van der Waals surface area contributed by atoms with E-state index in [0.29, 0.717) is 5.56 Å². The van der Waals surface area contributed by atoms with Crippen LogP contribution in [0.4, 0.5) is 5.69 Å². The van der Waals surface area contributed by atoms with E-state index in [1.54, 1.807) is 6.07 Å². The molecular formula is C13H13N3O4. The molecule has 0 saturated heterocycles. The molecule has 0 bridgehead atoms. The number of hydrogen-bond donors (Lipinski definition) is 2. The second-order valence-corrected chi connectivity index (χ2v) is 3.90. The van der Waals surface area contributed by atoms with Crippen LogP contribution in [0.5, 0.6) is 0 Å². The van der Waals surface area contributed by atoms with Crippen molar-refractivity contribution < 1.29 is 14.5 Å². The van der Waals surface area contributed by atoms with Crippen LogP contribution >= 0.6 is 0 Å². The van der Waals surface area contributed by atoms with Gasteiger partial charge in [0.2, 0.25) is 11.8 Å². The molecule has 1 aromatic rings. The van der Waals surface area contributed by atoms with E-state index >= 15 is 0 Å². The highest BCUT2D eigenvalue weighted by Crippen LogP contribution is 2.23. The third kappa shape index (κ3) is 4.73. The van der Waals surface area contributed by atoms with E-state index in [1.165, 1.54) is 30.4 Å². The molecule has 7 heteroatoms. The average molecular weight is 275 g/mol. The predicted molar refractivity (Wildman–Crippen MR) is 72.5 cm³/mol. The minimum absolute atomic E-state index is 0.0903. The molecule has 4 N–H and O–H groups in total. The average Bonchev–Trinajstić information content (AvgIpc) is 2.38. The van der Waals surface area contributed by atoms with Gasteiger partial charge in [-0.05, 0) is 17.7 Å². The first-order chi connectivity index (χ1) is 9.40. The minimum Gasteiger partial charge on any atom is -0.366 e. The Bertz CT molecular complexity index is 569. The van der Waals surface area contributed by atoms with Gasteiger partial charge in [0.25, 0.3) is 5.69 Å². The molecule has 0 radical (unpaired) electrons. The van der Waals surface area contributed by atoms with Gasteiger partial charge in [0.1, 0.15) is 0 Å². The summed E-state index contributed by atoms with van der Waals surface area (Å²) in [5, 5.41) is 10.7. The number of nitrogens with zero attached hydrogens (tertiary/aromatic N) is 1. The fraction of sp³-hybridized carbons (Fsp3) is 0.0769. The van der Waals surface area contributed by atoms with Crippen LogP contribution < -0.4 is 11.5 Å². The summed E-state index contributed by atoms with van der Waals surface area (Å²) in [5.41, 5.74) is 10.5. The molecule has 0 saturated carbocycles. The Morgan fingerprint density at radius 3 is 2.15 bits per heavy atom. The van der Waals surface area contributed by atoms with Gasteiger partial charge in [0, 0.05) is 18.1 Å². The number of non-ortho nitro benzene ring substituents is 1. The van der Waals surface area contributed by atoms with E-state index in [-0.39, 0.29) is 5.69 Å². The molecule has 0 aromatic heterocycles. The van der Waals surface area contributed by atoms with E-state index in [2.05, 4.69) is 0 Å². The first kappa shape index (κ1) is 15.1. The number of rotatable bonds is 6. The minimum atomic E-state index is -0.659. The molecule has 7 nitrogen and oxygen atoms in total. The maximum absolute atomic E-state index is 10.8. The number of hydrogen-bond acceptors (Lipinski definition) is 4. The normalized spacial score (nSPS) is 12.6. The quantitative estimate of drug-likeness (QED) is 0.451. The maximum Gasteiger partial charge on any atom is 0.269 e. The van der Waals surface area contributed by atoms with Gasteiger partial charge in [-0.3, -0.25) is 19.7 Å². The van der Waals surface area contributed by atoms with E-state index < -0.39 is 22.7 Å². The number of benzene rings is 1. The number of nitro groups is 1. The summed E-state index contributed by atoms with van der Waals surface area (Å²) in [4.78, 5) is 31.7. The Hall–Kier alpha value is -2.96. The van der Waals surface area contributed by atoms with E-state index in [1.807, 2.05) is 0 Å². The van der Waals surface area contributed by atoms with Crippen LogP contribution in [-0.4, -0.2) is 16.7 Å². The number of amides is 2. The Labute approximate surface area is 114 Å². The highest BCUT2D eigenvalue weighted by atomic mass is 16.6. The van der Waals surface area contributed by atoms with E-state index in [9.17, 15) is 19.7 Å². The van der Waals surface area contributed by atoms with Crippen molar-refractivity contribution in [3.63, 3.8) is 0 Å². The molecular weight excluding hydrogens is 262 g/mol. The molecule has 0 heterocycles. The summed E-state index contributed by atoms with van der Waals surface area (Å²) < 4.78 is 0. The molecule has 0 aliphatic carbocycles. The van der Waals surface area contributed by atoms with Crippen molar-refractivity contribution in [1.29, 1.82) is 0 Å². The largest absolute Gasteiger partial charge is 0.366 e. The number of nitrogens with two attached hydrogens (primary N) is 2. The lowest BCUT2D eigenvalue weighted by atomic mass is 9.97. The van der Waals surface area contributed by atoms with Gasteiger partial charge in [0.15, 0.2) is 0 Å². The van der Waals surface area contributed by atoms with Crippen LogP contribution in [0.1, 0.15) is 11.5 Å². The van der Waals surface area contributed by atoms with Gasteiger partial charge in [-0.2, -0.15) is 0 Å². The first-order valence-electron chi connectivity index (χ1n) is 5.60. The Balaban J connectivity index is 3.15. The fourth-order valence-electron chi connectivity index (χ4n) is 1.53. The summed E-state index contributed by atoms with van der Waals surface area (Å²) in [6, 6.07) is 5.84. The van der Waals surface area contributed by atoms with Crippen LogP contribution in [0.3, 0.4) is 0 Å². The number of carbonyl (C=O) groups excluding carboxylic acids is 2. The molecule has 2 amide bonds. The van der Waals surface area contributed by atoms with Gasteiger partial charge in [0.05, 0.1) is 4.92 Å². The SMILES string of the molecule is NC(=O)C=CC(C=CC(N)=O)c1cccc([N+](=O)[O-])c1. The van der Waals surface area contributed by atoms with Crippen molar-refractivity contribution in [2.45, 2.75) is 5.92 Å². The number of allylic oxidation sites excluding steroid dienone is 2. The first-order valence-corrected chi connectivity index (χ1v) is 5.60. The van der Waals surface area contributed by atoms with Gasteiger partial charge in [-0.15, -0.1) is 0 Å². The summed E-state index contributed by atoms with van der Waals surface area (Å²) in [5.74, 6) is -1.84. The molecule has 0 spiro atoms. The molecule has 1 aromatic carbocycles. The van der Waals surface area contributed by atoms with Gasteiger partial charge in [-0.1, -0.05) is 24.3 Å². The van der Waals surface area contributed by atoms with Crippen LogP contribution in [-0.2, 0) is 9.59 Å². The number of carbonyl (C=O) groups is 2. The molecule has 0 fully saturated rings. The third-order valence-corrected chi connectivity index (χ3v) is 2.40. The summed E-state index contributed by atoms with van der Waals surface area (Å²) in [6.45, 7) is 0. The topological polar surface area (TPSA) is 129 Å². The van der Waals surface area contributed by atoms with Crippen molar-refractivity contribution in [3.05, 3.63) is 64.2 Å². The van der Waals surface area contributed by atoms with Gasteiger partial charge < -0.3 is 11.5 Å². The predicted octanol–water partition coefficient (Wildman–Crippen LogP) is 0.761. The Morgan fingerprint density at radius 2 is 1.70 bits per heavy atom. The molecule has 0 aliphatic heterocycles. The fourth-order valence-corrected chi connectivity index (χ4v) is 1.53. The van der Waals surface area contributed by atoms with Crippen molar-refractivity contribution in [2.24, 2.45) is 11.5 Å². The Morgan fingerprint density at radius 1 is 1.15 bits per heavy atom. The monoisotopic (exact) mass is 275 g/mol. The van der Waals surface area contributed by atoms with Gasteiger partial charge in [-0.25, -0.2) is 0 Å². The molecule has 0 atom stereocenters. The van der Waals surface area contributed by atoms with Crippen LogP contribution in [0.2, 0.25) is 0 Å². The molecule has 20 heavy (non-hydrogen) atoms. The van der Waals surface area contributed by atoms with Crippen LogP contribution in [0.15, 0.2) is 48.6 Å². The van der Waals surface area contributed by atoms with E-state index in [4.69, 9.17) is 11.5 Å². The van der Waals surface area contributed by atoms with Crippen molar-refractivity contribution in [1.82, 2.24) is 0 Å². The number of primary amides is 2. The third-order valence-electron chi connectivity index (χ3n) is 2.40. The van der Waals surface area contributed by atoms with Crippen LogP contribution in [0.25, 0.3) is 0 Å². The molecule has 0 aliphatic rings. The lowest BCUT2D eigenvalue weighted by Crippen LogP contribution is -2.08. The summed E-state index contributed by atoms with van der Waals surface area (Å²) in [7, 11) is 0. The van der Waals surface area contributed by atoms with Crippen molar-refractivity contribution >= 4 is 17.5 Å². The second-order valence-electron chi connectivity index (χ2n) is 3.90. The van der Waals surface area contributed by atoms with E-state index in [0.717, 1.165) is 12.2 Å². The Kier molecular flexibility index (Phi) is 5.16. The summed E-state index contributed by atoms with van der Waals surface area (Å²) in [6.07, 6.45) is 5.10. The lowest BCUT2D eigenvalue weighted by Gasteiger charge is -2.07. The lowest BCUT2D eigenvalue weighted by molar-refractivity contribution is -0.384. The standard InChI is InChI=1S/C13H13N3O4/c14-12(17)6-4-9(5-7-13(15)18)10-2-1-3-11(8-10)16(19)20/h1-9H,(H2,14,17)(H2,15,18). The highest BCUT2D eigenvalue weighted by Gasteiger charge is 2.11. The molecule has 104 valence electrons. The second kappa shape index (κ2) is 6.83. The smallest absolute Gasteiger partial charge is 0.269 e. The summed E-state index contributed by atoms with van der Waals surface area (Å²) >= 11 is 0. The van der Waals surface area contributed by atoms with Crippen LogP contribution in [0, 0.1) is 10.1 Å². The zero-order chi connectivity index (χ0) is 15.1. The zero-order valence-corrected chi connectivity index (χ0v) is 10.4. The van der Waals surface area contributed by atoms with Gasteiger partial charge >= 0.3 is 0 Å². The van der Waals surface area contributed by atoms with Crippen molar-refractivity contribution in [2.75, 3.05) is 0 Å². The van der Waals surface area contributed by atoms with Crippen molar-refractivity contribution in [3.8, 4) is 0 Å². The molecule has 1 rings (SSSR count). The molecule has 0 unspecified atom stereocenters. The highest BCUT2D eigenvalue weighted by molar-refractivity contribution is 5.87. The maximum atomic E-state index is 10.8. The number of nitro benzene ring substituents is 1.